The van der Waals surface area contributed by atoms with Crippen molar-refractivity contribution < 1.29 is 5.11 Å². The predicted molar refractivity (Wildman–Crippen MR) is 77.7 cm³/mol. The molecule has 0 fully saturated rings. The van der Waals surface area contributed by atoms with Crippen molar-refractivity contribution in [3.8, 4) is 0 Å². The maximum absolute atomic E-state index is 11.5. The molecule has 0 aliphatic carbocycles. The Morgan fingerprint density at radius 2 is 2.05 bits per heavy atom. The van der Waals surface area contributed by atoms with Crippen molar-refractivity contribution in [2.45, 2.75) is 45.0 Å². The van der Waals surface area contributed by atoms with Gasteiger partial charge >= 0.3 is 5.69 Å². The molecule has 7 heteroatoms. The second-order valence-electron chi connectivity index (χ2n) is 5.29. The van der Waals surface area contributed by atoms with Gasteiger partial charge in [-0.2, -0.15) is 0 Å². The molecular weight excluding hydrogens is 264 g/mol. The summed E-state index contributed by atoms with van der Waals surface area (Å²) in [6, 6.07) is 0.0601. The fraction of sp³-hybridized carbons (Fsp3) is 0.833. The third-order valence-corrected chi connectivity index (χ3v) is 3.62. The van der Waals surface area contributed by atoms with E-state index in [1.165, 1.54) is 11.8 Å². The molecule has 1 aromatic rings. The highest BCUT2D eigenvalue weighted by molar-refractivity contribution is 7.99. The summed E-state index contributed by atoms with van der Waals surface area (Å²) in [7, 11) is 0. The van der Waals surface area contributed by atoms with E-state index in [9.17, 15) is 9.90 Å². The zero-order valence-electron chi connectivity index (χ0n) is 12.0. The van der Waals surface area contributed by atoms with Gasteiger partial charge in [0.1, 0.15) is 0 Å². The number of aliphatic hydroxyl groups excluding tert-OH is 1. The van der Waals surface area contributed by atoms with Crippen molar-refractivity contribution in [1.82, 2.24) is 20.1 Å². The summed E-state index contributed by atoms with van der Waals surface area (Å²) in [4.78, 5) is 11.5. The minimum atomic E-state index is -0.448. The topological polar surface area (TPSA) is 82.9 Å². The lowest BCUT2D eigenvalue weighted by Gasteiger charge is -2.13. The van der Waals surface area contributed by atoms with E-state index in [4.69, 9.17) is 0 Å². The molecule has 1 aromatic heterocycles. The number of rotatable bonds is 8. The fourth-order valence-electron chi connectivity index (χ4n) is 1.62. The standard InChI is InChI=1S/C12H24N4O2S/c1-8(2)5-13-6-10(17)7-19-12-15-14-11(18)16(12)9(3)4/h8-10,13,17H,5-7H2,1-4H3,(H,14,18). The van der Waals surface area contributed by atoms with Crippen LogP contribution >= 0.6 is 11.8 Å². The zero-order valence-corrected chi connectivity index (χ0v) is 12.8. The van der Waals surface area contributed by atoms with E-state index in [2.05, 4.69) is 29.4 Å². The van der Waals surface area contributed by atoms with Gasteiger partial charge in [-0.1, -0.05) is 25.6 Å². The predicted octanol–water partition coefficient (Wildman–Crippen LogP) is 0.851. The van der Waals surface area contributed by atoms with Crippen molar-refractivity contribution in [3.05, 3.63) is 10.5 Å². The highest BCUT2D eigenvalue weighted by Crippen LogP contribution is 2.17. The van der Waals surface area contributed by atoms with Crippen LogP contribution in [0.25, 0.3) is 0 Å². The van der Waals surface area contributed by atoms with Crippen LogP contribution in [0.2, 0.25) is 0 Å². The van der Waals surface area contributed by atoms with Crippen LogP contribution < -0.4 is 11.0 Å². The minimum absolute atomic E-state index is 0.0601. The van der Waals surface area contributed by atoms with E-state index in [1.54, 1.807) is 4.57 Å². The molecule has 19 heavy (non-hydrogen) atoms. The largest absolute Gasteiger partial charge is 0.391 e. The molecule has 1 heterocycles. The van der Waals surface area contributed by atoms with E-state index in [-0.39, 0.29) is 11.7 Å². The number of aromatic nitrogens is 3. The molecule has 1 rings (SSSR count). The lowest BCUT2D eigenvalue weighted by molar-refractivity contribution is 0.194. The van der Waals surface area contributed by atoms with Crippen LogP contribution in [0.5, 0.6) is 0 Å². The molecule has 1 unspecified atom stereocenters. The SMILES string of the molecule is CC(C)CNCC(O)CSc1n[nH]c(=O)n1C(C)C. The maximum Gasteiger partial charge on any atom is 0.344 e. The molecule has 0 saturated heterocycles. The second kappa shape index (κ2) is 7.72. The summed E-state index contributed by atoms with van der Waals surface area (Å²) < 4.78 is 1.60. The van der Waals surface area contributed by atoms with Crippen molar-refractivity contribution in [1.29, 1.82) is 0 Å². The number of hydrogen-bond acceptors (Lipinski definition) is 5. The average Bonchev–Trinajstić information content (AvgIpc) is 2.67. The first-order valence-corrected chi connectivity index (χ1v) is 7.58. The van der Waals surface area contributed by atoms with Gasteiger partial charge < -0.3 is 10.4 Å². The van der Waals surface area contributed by atoms with Gasteiger partial charge in [0.05, 0.1) is 6.10 Å². The summed E-state index contributed by atoms with van der Waals surface area (Å²) in [6.45, 7) is 9.56. The number of nitrogens with one attached hydrogen (secondary N) is 2. The molecule has 6 nitrogen and oxygen atoms in total. The van der Waals surface area contributed by atoms with Crippen LogP contribution in [0.1, 0.15) is 33.7 Å². The third-order valence-electron chi connectivity index (χ3n) is 2.53. The maximum atomic E-state index is 11.5. The summed E-state index contributed by atoms with van der Waals surface area (Å²) in [6.07, 6.45) is -0.448. The van der Waals surface area contributed by atoms with Gasteiger partial charge in [0.15, 0.2) is 5.16 Å². The van der Waals surface area contributed by atoms with Gasteiger partial charge in [0.25, 0.3) is 0 Å². The van der Waals surface area contributed by atoms with Crippen LogP contribution in [-0.4, -0.2) is 44.8 Å². The number of nitrogens with zero attached hydrogens (tertiary/aromatic N) is 2. The molecule has 0 aromatic carbocycles. The monoisotopic (exact) mass is 288 g/mol. The van der Waals surface area contributed by atoms with Crippen molar-refractivity contribution in [3.63, 3.8) is 0 Å². The van der Waals surface area contributed by atoms with Crippen LogP contribution in [0, 0.1) is 5.92 Å². The Hall–Kier alpha value is -0.790. The van der Waals surface area contributed by atoms with Crippen molar-refractivity contribution >= 4 is 11.8 Å². The molecule has 0 spiro atoms. The Bertz CT molecular complexity index is 428. The summed E-state index contributed by atoms with van der Waals surface area (Å²) in [5.74, 6) is 1.08. The summed E-state index contributed by atoms with van der Waals surface area (Å²) in [5.41, 5.74) is -0.204. The van der Waals surface area contributed by atoms with Gasteiger partial charge in [0, 0.05) is 18.3 Å². The normalized spacial score (nSPS) is 13.4. The van der Waals surface area contributed by atoms with Gasteiger partial charge in [-0.05, 0) is 26.3 Å². The summed E-state index contributed by atoms with van der Waals surface area (Å²) >= 11 is 1.39. The van der Waals surface area contributed by atoms with Crippen LogP contribution in [0.15, 0.2) is 9.95 Å². The molecule has 0 radical (unpaired) electrons. The van der Waals surface area contributed by atoms with E-state index in [0.717, 1.165) is 6.54 Å². The second-order valence-corrected chi connectivity index (χ2v) is 6.28. The molecule has 3 N–H and O–H groups in total. The first-order valence-electron chi connectivity index (χ1n) is 6.60. The van der Waals surface area contributed by atoms with Gasteiger partial charge in [-0.25, -0.2) is 9.89 Å². The highest BCUT2D eigenvalue weighted by atomic mass is 32.2. The number of aromatic amines is 1. The molecule has 0 aliphatic heterocycles. The molecule has 0 bridgehead atoms. The zero-order chi connectivity index (χ0) is 14.4. The van der Waals surface area contributed by atoms with Crippen LogP contribution in [-0.2, 0) is 0 Å². The number of H-pyrrole nitrogens is 1. The lowest BCUT2D eigenvalue weighted by atomic mass is 10.2. The minimum Gasteiger partial charge on any atom is -0.391 e. The summed E-state index contributed by atoms with van der Waals surface area (Å²) in [5, 5.41) is 20.1. The quantitative estimate of drug-likeness (QED) is 0.618. The smallest absolute Gasteiger partial charge is 0.344 e. The van der Waals surface area contributed by atoms with E-state index in [1.807, 2.05) is 13.8 Å². The van der Waals surface area contributed by atoms with Gasteiger partial charge in [0.2, 0.25) is 0 Å². The molecule has 0 amide bonds. The average molecular weight is 288 g/mol. The number of hydrogen-bond donors (Lipinski definition) is 3. The van der Waals surface area contributed by atoms with E-state index in [0.29, 0.717) is 23.4 Å². The Labute approximate surface area is 118 Å². The Morgan fingerprint density at radius 1 is 1.37 bits per heavy atom. The van der Waals surface area contributed by atoms with Gasteiger partial charge in [-0.15, -0.1) is 5.10 Å². The Kier molecular flexibility index (Phi) is 6.60. The molecule has 1 atom stereocenters. The third kappa shape index (κ3) is 5.38. The van der Waals surface area contributed by atoms with Crippen LogP contribution in [0.4, 0.5) is 0 Å². The molecule has 0 aliphatic rings. The molecule has 110 valence electrons. The van der Waals surface area contributed by atoms with Gasteiger partial charge in [-0.3, -0.25) is 4.57 Å². The molecular formula is C12H24N4O2S. The van der Waals surface area contributed by atoms with Crippen molar-refractivity contribution in [2.24, 2.45) is 5.92 Å². The highest BCUT2D eigenvalue weighted by Gasteiger charge is 2.13. The number of thioether (sulfide) groups is 1. The van der Waals surface area contributed by atoms with E-state index >= 15 is 0 Å². The lowest BCUT2D eigenvalue weighted by Crippen LogP contribution is -2.31. The van der Waals surface area contributed by atoms with Crippen molar-refractivity contribution in [2.75, 3.05) is 18.8 Å². The van der Waals surface area contributed by atoms with Crippen LogP contribution in [0.3, 0.4) is 0 Å². The number of aliphatic hydroxyl groups is 1. The first kappa shape index (κ1) is 16.3. The van der Waals surface area contributed by atoms with E-state index < -0.39 is 6.10 Å². The Morgan fingerprint density at radius 3 is 2.63 bits per heavy atom. The fourth-order valence-corrected chi connectivity index (χ4v) is 2.62. The Balaban J connectivity index is 2.42. The molecule has 0 saturated carbocycles. The first-order chi connectivity index (χ1) is 8.91.